The third kappa shape index (κ3) is 3.39. The molecule has 0 aliphatic heterocycles. The Labute approximate surface area is 97.3 Å². The number of methoxy groups -OCH3 is 1. The van der Waals surface area contributed by atoms with Crippen molar-refractivity contribution in [2.24, 2.45) is 0 Å². The number of carbonyl (C=O) groups excluding carboxylic acids is 1. The zero-order valence-corrected chi connectivity index (χ0v) is 9.50. The fourth-order valence-corrected chi connectivity index (χ4v) is 1.23. The van der Waals surface area contributed by atoms with Gasteiger partial charge in [-0.15, -0.1) is 0 Å². The molecule has 4 nitrogen and oxygen atoms in total. The highest BCUT2D eigenvalue weighted by molar-refractivity contribution is 5.90. The van der Waals surface area contributed by atoms with Crippen molar-refractivity contribution >= 4 is 11.7 Å². The Hall–Kier alpha value is -1.69. The Balaban J connectivity index is 2.86. The molecule has 17 heavy (non-hydrogen) atoms. The SMILES string of the molecule is COCC(C)OC(=O)c1cc(F)c(N)cc1F. The van der Waals surface area contributed by atoms with E-state index in [0.717, 1.165) is 6.07 Å². The van der Waals surface area contributed by atoms with E-state index < -0.39 is 29.3 Å². The monoisotopic (exact) mass is 245 g/mol. The van der Waals surface area contributed by atoms with Crippen molar-refractivity contribution in [1.82, 2.24) is 0 Å². The van der Waals surface area contributed by atoms with Crippen LogP contribution < -0.4 is 5.73 Å². The van der Waals surface area contributed by atoms with Crippen molar-refractivity contribution in [3.05, 3.63) is 29.3 Å². The van der Waals surface area contributed by atoms with Gasteiger partial charge in [-0.25, -0.2) is 13.6 Å². The first kappa shape index (κ1) is 13.4. The summed E-state index contributed by atoms with van der Waals surface area (Å²) in [6.45, 7) is 1.75. The van der Waals surface area contributed by atoms with Gasteiger partial charge >= 0.3 is 5.97 Å². The van der Waals surface area contributed by atoms with E-state index in [0.29, 0.717) is 6.07 Å². The average Bonchev–Trinajstić information content (AvgIpc) is 2.23. The number of benzene rings is 1. The van der Waals surface area contributed by atoms with E-state index in [9.17, 15) is 13.6 Å². The van der Waals surface area contributed by atoms with Crippen molar-refractivity contribution in [1.29, 1.82) is 0 Å². The van der Waals surface area contributed by atoms with Crippen LogP contribution in [-0.4, -0.2) is 25.8 Å². The predicted molar refractivity (Wildman–Crippen MR) is 57.5 cm³/mol. The molecule has 0 aliphatic carbocycles. The zero-order chi connectivity index (χ0) is 13.0. The largest absolute Gasteiger partial charge is 0.457 e. The van der Waals surface area contributed by atoms with Gasteiger partial charge in [-0.2, -0.15) is 0 Å². The van der Waals surface area contributed by atoms with Crippen LogP contribution in [0, 0.1) is 11.6 Å². The van der Waals surface area contributed by atoms with Crippen molar-refractivity contribution in [2.75, 3.05) is 19.5 Å². The van der Waals surface area contributed by atoms with Crippen LogP contribution in [0.3, 0.4) is 0 Å². The van der Waals surface area contributed by atoms with E-state index >= 15 is 0 Å². The number of anilines is 1. The van der Waals surface area contributed by atoms with E-state index in [1.165, 1.54) is 7.11 Å². The molecule has 0 saturated carbocycles. The molecule has 1 aromatic carbocycles. The van der Waals surface area contributed by atoms with E-state index in [1.807, 2.05) is 0 Å². The van der Waals surface area contributed by atoms with Gasteiger partial charge in [0.15, 0.2) is 0 Å². The van der Waals surface area contributed by atoms with Gasteiger partial charge in [0.2, 0.25) is 0 Å². The van der Waals surface area contributed by atoms with E-state index in [1.54, 1.807) is 6.92 Å². The number of nitrogen functional groups attached to an aromatic ring is 1. The summed E-state index contributed by atoms with van der Waals surface area (Å²) in [5.41, 5.74) is 4.31. The first-order valence-corrected chi connectivity index (χ1v) is 4.90. The topological polar surface area (TPSA) is 61.5 Å². The van der Waals surface area contributed by atoms with Crippen LogP contribution in [0.15, 0.2) is 12.1 Å². The lowest BCUT2D eigenvalue weighted by atomic mass is 10.2. The molecule has 1 atom stereocenters. The maximum Gasteiger partial charge on any atom is 0.341 e. The molecule has 6 heteroatoms. The predicted octanol–water partition coefficient (Wildman–Crippen LogP) is 1.74. The fourth-order valence-electron chi connectivity index (χ4n) is 1.23. The van der Waals surface area contributed by atoms with Gasteiger partial charge in [-0.1, -0.05) is 0 Å². The standard InChI is InChI=1S/C11H13F2NO3/c1-6(5-16-2)17-11(15)7-3-9(13)10(14)4-8(7)12/h3-4,6H,5,14H2,1-2H3. The molecule has 0 spiro atoms. The Kier molecular flexibility index (Phi) is 4.39. The first-order chi connectivity index (χ1) is 7.95. The van der Waals surface area contributed by atoms with Gasteiger partial charge in [0, 0.05) is 13.2 Å². The van der Waals surface area contributed by atoms with Crippen molar-refractivity contribution in [3.63, 3.8) is 0 Å². The summed E-state index contributed by atoms with van der Waals surface area (Å²) < 4.78 is 36.0. The number of carbonyl (C=O) groups is 1. The van der Waals surface area contributed by atoms with Gasteiger partial charge < -0.3 is 15.2 Å². The van der Waals surface area contributed by atoms with Gasteiger partial charge in [0.25, 0.3) is 0 Å². The highest BCUT2D eigenvalue weighted by Gasteiger charge is 2.18. The van der Waals surface area contributed by atoms with Crippen LogP contribution in [0.5, 0.6) is 0 Å². The molecule has 0 bridgehead atoms. The summed E-state index contributed by atoms with van der Waals surface area (Å²) in [6.07, 6.45) is -0.549. The average molecular weight is 245 g/mol. The number of rotatable bonds is 4. The Bertz CT molecular complexity index is 423. The van der Waals surface area contributed by atoms with Crippen molar-refractivity contribution in [3.8, 4) is 0 Å². The lowest BCUT2D eigenvalue weighted by Gasteiger charge is -2.12. The number of ether oxygens (including phenoxy) is 2. The Morgan fingerprint density at radius 3 is 2.65 bits per heavy atom. The van der Waals surface area contributed by atoms with Gasteiger partial charge in [0.1, 0.15) is 17.7 Å². The minimum absolute atomic E-state index is 0.171. The summed E-state index contributed by atoms with van der Waals surface area (Å²) in [6, 6.07) is 1.46. The quantitative estimate of drug-likeness (QED) is 0.648. The molecule has 1 rings (SSSR count). The fraction of sp³-hybridized carbons (Fsp3) is 0.364. The van der Waals surface area contributed by atoms with Crippen LogP contribution in [0.25, 0.3) is 0 Å². The summed E-state index contributed by atoms with van der Waals surface area (Å²) in [5.74, 6) is -2.73. The Morgan fingerprint density at radius 1 is 1.41 bits per heavy atom. The lowest BCUT2D eigenvalue weighted by Crippen LogP contribution is -2.20. The molecule has 0 radical (unpaired) electrons. The van der Waals surface area contributed by atoms with Crippen LogP contribution in [0.4, 0.5) is 14.5 Å². The van der Waals surface area contributed by atoms with Gasteiger partial charge in [-0.3, -0.25) is 0 Å². The maximum absolute atomic E-state index is 13.3. The van der Waals surface area contributed by atoms with Crippen LogP contribution in [0.1, 0.15) is 17.3 Å². The summed E-state index contributed by atoms with van der Waals surface area (Å²) in [4.78, 5) is 11.5. The minimum atomic E-state index is -0.953. The first-order valence-electron chi connectivity index (χ1n) is 4.90. The smallest absolute Gasteiger partial charge is 0.341 e. The number of hydrogen-bond donors (Lipinski definition) is 1. The summed E-state index contributed by atoms with van der Waals surface area (Å²) >= 11 is 0. The zero-order valence-electron chi connectivity index (χ0n) is 9.50. The van der Waals surface area contributed by atoms with Crippen molar-refractivity contribution < 1.29 is 23.0 Å². The van der Waals surface area contributed by atoms with E-state index in [4.69, 9.17) is 15.2 Å². The summed E-state index contributed by atoms with van der Waals surface area (Å²) in [7, 11) is 1.44. The normalized spacial score (nSPS) is 12.2. The molecule has 94 valence electrons. The molecule has 0 fully saturated rings. The molecule has 0 aliphatic rings. The maximum atomic E-state index is 13.3. The highest BCUT2D eigenvalue weighted by atomic mass is 19.1. The van der Waals surface area contributed by atoms with Crippen LogP contribution in [0.2, 0.25) is 0 Å². The van der Waals surface area contributed by atoms with Gasteiger partial charge in [-0.05, 0) is 13.0 Å². The molecule has 0 heterocycles. The van der Waals surface area contributed by atoms with Crippen LogP contribution >= 0.6 is 0 Å². The number of hydrogen-bond acceptors (Lipinski definition) is 4. The molecular weight excluding hydrogens is 232 g/mol. The molecule has 1 unspecified atom stereocenters. The molecule has 1 aromatic rings. The van der Waals surface area contributed by atoms with E-state index in [2.05, 4.69) is 0 Å². The minimum Gasteiger partial charge on any atom is -0.457 e. The van der Waals surface area contributed by atoms with Crippen LogP contribution in [-0.2, 0) is 9.47 Å². The van der Waals surface area contributed by atoms with Gasteiger partial charge in [0.05, 0.1) is 17.9 Å². The lowest BCUT2D eigenvalue weighted by molar-refractivity contribution is 0.0115. The third-order valence-electron chi connectivity index (χ3n) is 2.02. The Morgan fingerprint density at radius 2 is 2.06 bits per heavy atom. The second-order valence-electron chi connectivity index (χ2n) is 3.52. The van der Waals surface area contributed by atoms with Crippen molar-refractivity contribution in [2.45, 2.75) is 13.0 Å². The second-order valence-corrected chi connectivity index (χ2v) is 3.52. The van der Waals surface area contributed by atoms with E-state index in [-0.39, 0.29) is 12.3 Å². The molecule has 0 amide bonds. The molecule has 2 N–H and O–H groups in total. The number of nitrogens with two attached hydrogens (primary N) is 1. The third-order valence-corrected chi connectivity index (χ3v) is 2.02. The number of esters is 1. The molecule has 0 saturated heterocycles. The second kappa shape index (κ2) is 5.58. The highest BCUT2D eigenvalue weighted by Crippen LogP contribution is 2.17. The molecule has 0 aromatic heterocycles. The molecular formula is C11H13F2NO3. The number of halogens is 2. The summed E-state index contributed by atoms with van der Waals surface area (Å²) in [5, 5.41) is 0.